The fraction of sp³-hybridized carbons (Fsp3) is 0.143. The van der Waals surface area contributed by atoms with Gasteiger partial charge in [0.1, 0.15) is 16.3 Å². The van der Waals surface area contributed by atoms with Gasteiger partial charge in [-0.15, -0.1) is 11.3 Å². The van der Waals surface area contributed by atoms with Crippen molar-refractivity contribution in [2.24, 2.45) is 0 Å². The summed E-state index contributed by atoms with van der Waals surface area (Å²) in [5.41, 5.74) is 3.12. The second-order valence-electron chi connectivity index (χ2n) is 5.72. The molecule has 0 aliphatic carbocycles. The van der Waals surface area contributed by atoms with Gasteiger partial charge in [-0.2, -0.15) is 0 Å². The molecule has 0 unspecified atom stereocenters. The SMILES string of the molecule is CCc1ccc(-c2csc(NC(=O)Oc3ccccc3)c2C(=O)OC)cc1. The van der Waals surface area contributed by atoms with Crippen LogP contribution in [0.25, 0.3) is 11.1 Å². The number of esters is 1. The first-order valence-electron chi connectivity index (χ1n) is 8.45. The summed E-state index contributed by atoms with van der Waals surface area (Å²) in [6, 6.07) is 16.7. The Hall–Kier alpha value is -3.12. The smallest absolute Gasteiger partial charge is 0.417 e. The van der Waals surface area contributed by atoms with Gasteiger partial charge in [0.25, 0.3) is 0 Å². The number of aryl methyl sites for hydroxylation is 1. The van der Waals surface area contributed by atoms with E-state index in [0.717, 1.165) is 12.0 Å². The second-order valence-corrected chi connectivity index (χ2v) is 6.60. The highest BCUT2D eigenvalue weighted by molar-refractivity contribution is 7.15. The van der Waals surface area contributed by atoms with Gasteiger partial charge in [-0.05, 0) is 29.7 Å². The topological polar surface area (TPSA) is 64.6 Å². The predicted octanol–water partition coefficient (Wildman–Crippen LogP) is 5.38. The zero-order valence-electron chi connectivity index (χ0n) is 15.0. The number of ether oxygens (including phenoxy) is 2. The van der Waals surface area contributed by atoms with Crippen LogP contribution < -0.4 is 10.1 Å². The lowest BCUT2D eigenvalue weighted by atomic mass is 10.0. The Balaban J connectivity index is 1.87. The lowest BCUT2D eigenvalue weighted by Gasteiger charge is -2.08. The van der Waals surface area contributed by atoms with Crippen LogP contribution in [0.15, 0.2) is 60.0 Å². The predicted molar refractivity (Wildman–Crippen MR) is 107 cm³/mol. The molecule has 27 heavy (non-hydrogen) atoms. The summed E-state index contributed by atoms with van der Waals surface area (Å²) >= 11 is 1.25. The molecular weight excluding hydrogens is 362 g/mol. The van der Waals surface area contributed by atoms with Crippen LogP contribution in [0.1, 0.15) is 22.8 Å². The van der Waals surface area contributed by atoms with Gasteiger partial charge < -0.3 is 9.47 Å². The van der Waals surface area contributed by atoms with Crippen LogP contribution >= 0.6 is 11.3 Å². The normalized spacial score (nSPS) is 10.3. The molecule has 0 radical (unpaired) electrons. The van der Waals surface area contributed by atoms with Gasteiger partial charge in [-0.25, -0.2) is 9.59 Å². The highest BCUT2D eigenvalue weighted by Crippen LogP contribution is 2.36. The molecule has 3 rings (SSSR count). The number of thiophene rings is 1. The van der Waals surface area contributed by atoms with E-state index in [2.05, 4.69) is 12.2 Å². The lowest BCUT2D eigenvalue weighted by molar-refractivity contribution is 0.0603. The molecular formula is C21H19NO4S. The second kappa shape index (κ2) is 8.51. The molecule has 0 saturated carbocycles. The summed E-state index contributed by atoms with van der Waals surface area (Å²) in [6.07, 6.45) is 0.271. The van der Waals surface area contributed by atoms with E-state index in [0.29, 0.717) is 21.9 Å². The van der Waals surface area contributed by atoms with E-state index < -0.39 is 12.1 Å². The van der Waals surface area contributed by atoms with Crippen LogP contribution in [0.3, 0.4) is 0 Å². The Labute approximate surface area is 161 Å². The molecule has 1 aromatic heterocycles. The summed E-state index contributed by atoms with van der Waals surface area (Å²) in [7, 11) is 1.32. The number of carbonyl (C=O) groups is 2. The minimum absolute atomic E-state index is 0.316. The summed E-state index contributed by atoms with van der Waals surface area (Å²) < 4.78 is 10.2. The van der Waals surface area contributed by atoms with E-state index in [-0.39, 0.29) is 0 Å². The standard InChI is InChI=1S/C21H19NO4S/c1-3-14-9-11-15(12-10-14)17-13-27-19(18(17)20(23)25-2)22-21(24)26-16-7-5-4-6-8-16/h4-13H,3H2,1-2H3,(H,22,24). The maximum absolute atomic E-state index is 12.3. The number of amides is 1. The number of carbonyl (C=O) groups excluding carboxylic acids is 2. The fourth-order valence-corrected chi connectivity index (χ4v) is 3.54. The first kappa shape index (κ1) is 18.7. The Morgan fingerprint density at radius 1 is 1.04 bits per heavy atom. The molecule has 2 aromatic carbocycles. The fourth-order valence-electron chi connectivity index (χ4n) is 2.60. The van der Waals surface area contributed by atoms with Crippen LogP contribution in [0.2, 0.25) is 0 Å². The number of benzene rings is 2. The number of methoxy groups -OCH3 is 1. The van der Waals surface area contributed by atoms with Crippen molar-refractivity contribution in [1.29, 1.82) is 0 Å². The Morgan fingerprint density at radius 3 is 2.37 bits per heavy atom. The molecule has 0 aliphatic rings. The number of nitrogens with one attached hydrogen (secondary N) is 1. The zero-order chi connectivity index (χ0) is 19.2. The van der Waals surface area contributed by atoms with Crippen LogP contribution in [0, 0.1) is 0 Å². The number of hydrogen-bond acceptors (Lipinski definition) is 5. The lowest BCUT2D eigenvalue weighted by Crippen LogP contribution is -2.18. The van der Waals surface area contributed by atoms with Crippen molar-refractivity contribution < 1.29 is 19.1 Å². The van der Waals surface area contributed by atoms with Crippen LogP contribution in [-0.4, -0.2) is 19.2 Å². The van der Waals surface area contributed by atoms with Gasteiger partial charge in [0.15, 0.2) is 0 Å². The van der Waals surface area contributed by atoms with E-state index in [1.54, 1.807) is 24.3 Å². The van der Waals surface area contributed by atoms with Gasteiger partial charge in [0, 0.05) is 10.9 Å². The molecule has 3 aromatic rings. The summed E-state index contributed by atoms with van der Waals surface area (Å²) in [6.45, 7) is 2.08. The maximum Gasteiger partial charge on any atom is 0.417 e. The highest BCUT2D eigenvalue weighted by atomic mass is 32.1. The van der Waals surface area contributed by atoms with E-state index in [9.17, 15) is 9.59 Å². The molecule has 0 aliphatic heterocycles. The molecule has 1 N–H and O–H groups in total. The Kier molecular flexibility index (Phi) is 5.88. The largest absolute Gasteiger partial charge is 0.465 e. The molecule has 0 fully saturated rings. The average Bonchev–Trinajstić information content (AvgIpc) is 3.11. The van der Waals surface area contributed by atoms with Crippen LogP contribution in [0.5, 0.6) is 5.75 Å². The van der Waals surface area contributed by atoms with Gasteiger partial charge in [0.2, 0.25) is 0 Å². The van der Waals surface area contributed by atoms with Crippen molar-refractivity contribution in [2.45, 2.75) is 13.3 Å². The number of para-hydroxylation sites is 1. The first-order valence-corrected chi connectivity index (χ1v) is 9.33. The molecule has 0 bridgehead atoms. The van der Waals surface area contributed by atoms with E-state index in [1.165, 1.54) is 24.0 Å². The molecule has 5 nitrogen and oxygen atoms in total. The number of anilines is 1. The van der Waals surface area contributed by atoms with Gasteiger partial charge >= 0.3 is 12.1 Å². The minimum Gasteiger partial charge on any atom is -0.465 e. The minimum atomic E-state index is -0.666. The average molecular weight is 381 g/mol. The molecule has 0 spiro atoms. The maximum atomic E-state index is 12.3. The quantitative estimate of drug-likeness (QED) is 0.603. The van der Waals surface area contributed by atoms with Crippen molar-refractivity contribution in [2.75, 3.05) is 12.4 Å². The van der Waals surface area contributed by atoms with Crippen molar-refractivity contribution in [1.82, 2.24) is 0 Å². The molecule has 1 amide bonds. The number of hydrogen-bond donors (Lipinski definition) is 1. The third-order valence-corrected chi connectivity index (χ3v) is 4.92. The van der Waals surface area contributed by atoms with E-state index in [4.69, 9.17) is 9.47 Å². The Morgan fingerprint density at radius 2 is 1.74 bits per heavy atom. The molecule has 0 saturated heterocycles. The van der Waals surface area contributed by atoms with Crippen molar-refractivity contribution in [3.63, 3.8) is 0 Å². The van der Waals surface area contributed by atoms with Crippen molar-refractivity contribution in [3.8, 4) is 16.9 Å². The third-order valence-electron chi connectivity index (χ3n) is 4.02. The van der Waals surface area contributed by atoms with Crippen molar-refractivity contribution in [3.05, 3.63) is 71.1 Å². The molecule has 138 valence electrons. The Bertz CT molecular complexity index is 933. The zero-order valence-corrected chi connectivity index (χ0v) is 15.8. The van der Waals surface area contributed by atoms with Gasteiger partial charge in [0.05, 0.1) is 7.11 Å². The van der Waals surface area contributed by atoms with Gasteiger partial charge in [-0.3, -0.25) is 5.32 Å². The molecule has 1 heterocycles. The third kappa shape index (κ3) is 4.35. The summed E-state index contributed by atoms with van der Waals surface area (Å²) in [5.74, 6) is -0.0950. The molecule has 0 atom stereocenters. The van der Waals surface area contributed by atoms with E-state index >= 15 is 0 Å². The van der Waals surface area contributed by atoms with Crippen LogP contribution in [-0.2, 0) is 11.2 Å². The van der Waals surface area contributed by atoms with Crippen molar-refractivity contribution >= 4 is 28.4 Å². The monoisotopic (exact) mass is 381 g/mol. The number of rotatable bonds is 5. The van der Waals surface area contributed by atoms with E-state index in [1.807, 2.05) is 35.7 Å². The van der Waals surface area contributed by atoms with Gasteiger partial charge in [-0.1, -0.05) is 49.4 Å². The van der Waals surface area contributed by atoms with Crippen LogP contribution in [0.4, 0.5) is 9.80 Å². The first-order chi connectivity index (χ1) is 13.1. The molecule has 6 heteroatoms. The summed E-state index contributed by atoms with van der Waals surface area (Å²) in [4.78, 5) is 24.5. The summed E-state index contributed by atoms with van der Waals surface area (Å²) in [5, 5.41) is 4.85. The highest BCUT2D eigenvalue weighted by Gasteiger charge is 2.22.